The lowest BCUT2D eigenvalue weighted by molar-refractivity contribution is 0.0912. The van der Waals surface area contributed by atoms with Crippen LogP contribution < -0.4 is 0 Å². The van der Waals surface area contributed by atoms with E-state index in [0.29, 0.717) is 5.78 Å². The zero-order valence-corrected chi connectivity index (χ0v) is 8.42. The number of carbonyl (C=O) groups excluding carboxylic acids is 1. The molecule has 0 bridgehead atoms. The first-order valence-electron chi connectivity index (χ1n) is 4.80. The molecule has 70 valence electrons. The maximum atomic E-state index is 11.8. The summed E-state index contributed by atoms with van der Waals surface area (Å²) in [5, 5.41) is 0. The number of aromatic nitrogens is 1. The first-order chi connectivity index (χ1) is 6.11. The number of rotatable bonds is 0. The molecular formula is C11H15NO. The Labute approximate surface area is 78.6 Å². The van der Waals surface area contributed by atoms with Gasteiger partial charge in [0.25, 0.3) is 0 Å². The van der Waals surface area contributed by atoms with Gasteiger partial charge in [0.1, 0.15) is 0 Å². The molecule has 1 aromatic heterocycles. The van der Waals surface area contributed by atoms with E-state index in [1.54, 1.807) is 0 Å². The molecule has 13 heavy (non-hydrogen) atoms. The van der Waals surface area contributed by atoms with E-state index in [1.165, 1.54) is 5.69 Å². The van der Waals surface area contributed by atoms with Crippen LogP contribution in [0.15, 0.2) is 6.20 Å². The second-order valence-electron chi connectivity index (χ2n) is 4.05. The first-order valence-corrected chi connectivity index (χ1v) is 4.80. The Balaban J connectivity index is 2.59. The van der Waals surface area contributed by atoms with Crippen LogP contribution in [-0.4, -0.2) is 10.4 Å². The maximum absolute atomic E-state index is 11.8. The molecule has 1 aromatic rings. The molecule has 0 saturated heterocycles. The van der Waals surface area contributed by atoms with Crippen molar-refractivity contribution in [3.05, 3.63) is 23.0 Å². The highest BCUT2D eigenvalue weighted by atomic mass is 16.1. The van der Waals surface area contributed by atoms with Crippen molar-refractivity contribution < 1.29 is 4.79 Å². The molecule has 1 heterocycles. The average Bonchev–Trinajstić information content (AvgIpc) is 2.35. The third kappa shape index (κ3) is 1.12. The fourth-order valence-electron chi connectivity index (χ4n) is 2.21. The van der Waals surface area contributed by atoms with Gasteiger partial charge in [0.15, 0.2) is 5.78 Å². The van der Waals surface area contributed by atoms with Crippen molar-refractivity contribution in [3.8, 4) is 0 Å². The second-order valence-corrected chi connectivity index (χ2v) is 4.05. The van der Waals surface area contributed by atoms with Crippen LogP contribution in [0, 0.1) is 12.8 Å². The molecule has 0 saturated carbocycles. The smallest absolute Gasteiger partial charge is 0.167 e. The van der Waals surface area contributed by atoms with Gasteiger partial charge < -0.3 is 4.57 Å². The van der Waals surface area contributed by atoms with Crippen LogP contribution in [0.5, 0.6) is 0 Å². The molecule has 0 amide bonds. The molecule has 1 atom stereocenters. The van der Waals surface area contributed by atoms with Crippen molar-refractivity contribution in [3.63, 3.8) is 0 Å². The van der Waals surface area contributed by atoms with Crippen molar-refractivity contribution in [2.24, 2.45) is 13.0 Å². The van der Waals surface area contributed by atoms with E-state index >= 15 is 0 Å². The van der Waals surface area contributed by atoms with Gasteiger partial charge in [-0.2, -0.15) is 0 Å². The minimum absolute atomic E-state index is 0.216. The summed E-state index contributed by atoms with van der Waals surface area (Å²) in [7, 11) is 2.02. The number of carbonyl (C=O) groups is 1. The van der Waals surface area contributed by atoms with E-state index in [2.05, 4.69) is 10.8 Å². The Morgan fingerprint density at radius 2 is 2.23 bits per heavy atom. The van der Waals surface area contributed by atoms with E-state index < -0.39 is 0 Å². The van der Waals surface area contributed by atoms with Gasteiger partial charge in [-0.3, -0.25) is 4.79 Å². The molecule has 1 aliphatic carbocycles. The Hall–Kier alpha value is -1.05. The Morgan fingerprint density at radius 3 is 2.92 bits per heavy atom. The van der Waals surface area contributed by atoms with Gasteiger partial charge >= 0.3 is 0 Å². The Kier molecular flexibility index (Phi) is 1.79. The monoisotopic (exact) mass is 177 g/mol. The minimum Gasteiger partial charge on any atom is -0.353 e. The second kappa shape index (κ2) is 2.72. The topological polar surface area (TPSA) is 22.0 Å². The van der Waals surface area contributed by atoms with E-state index in [-0.39, 0.29) is 5.92 Å². The summed E-state index contributed by atoms with van der Waals surface area (Å²) in [6, 6.07) is 0. The zero-order chi connectivity index (χ0) is 9.59. The largest absolute Gasteiger partial charge is 0.353 e. The number of aryl methyl sites for hydroxylation is 2. The van der Waals surface area contributed by atoms with E-state index in [1.807, 2.05) is 20.9 Å². The Bertz CT molecular complexity index is 362. The van der Waals surface area contributed by atoms with Crippen molar-refractivity contribution in [1.82, 2.24) is 4.57 Å². The molecule has 0 N–H and O–H groups in total. The lowest BCUT2D eigenvalue weighted by Crippen LogP contribution is -2.20. The van der Waals surface area contributed by atoms with Gasteiger partial charge in [-0.15, -0.1) is 0 Å². The molecule has 2 nitrogen and oxygen atoms in total. The van der Waals surface area contributed by atoms with Crippen LogP contribution in [0.2, 0.25) is 0 Å². The fraction of sp³-hybridized carbons (Fsp3) is 0.545. The number of fused-ring (bicyclic) bond motifs is 1. The number of nitrogens with zero attached hydrogens (tertiary/aromatic N) is 1. The summed E-state index contributed by atoms with van der Waals surface area (Å²) in [4.78, 5) is 11.8. The average molecular weight is 177 g/mol. The SMILES string of the molecule is Cc1cn(C)c2c1C(=O)[C@@H](C)CC2. The highest BCUT2D eigenvalue weighted by Gasteiger charge is 2.27. The number of ketones is 1. The van der Waals surface area contributed by atoms with Gasteiger partial charge in [0.2, 0.25) is 0 Å². The van der Waals surface area contributed by atoms with E-state index in [9.17, 15) is 4.79 Å². The van der Waals surface area contributed by atoms with E-state index in [0.717, 1.165) is 24.0 Å². The molecule has 1 aliphatic rings. The zero-order valence-electron chi connectivity index (χ0n) is 8.42. The Morgan fingerprint density at radius 1 is 1.54 bits per heavy atom. The summed E-state index contributed by atoms with van der Waals surface area (Å²) < 4.78 is 2.09. The summed E-state index contributed by atoms with van der Waals surface area (Å²) >= 11 is 0. The van der Waals surface area contributed by atoms with Crippen LogP contribution in [0.3, 0.4) is 0 Å². The molecule has 0 unspecified atom stereocenters. The third-order valence-electron chi connectivity index (χ3n) is 3.00. The number of Topliss-reactive ketones (excluding diaryl/α,β-unsaturated/α-hetero) is 1. The maximum Gasteiger partial charge on any atom is 0.167 e. The van der Waals surface area contributed by atoms with Gasteiger partial charge in [0, 0.05) is 30.4 Å². The fourth-order valence-corrected chi connectivity index (χ4v) is 2.21. The first kappa shape index (κ1) is 8.54. The predicted octanol–water partition coefficient (Wildman–Crippen LogP) is 2.10. The lowest BCUT2D eigenvalue weighted by atomic mass is 9.86. The van der Waals surface area contributed by atoms with Gasteiger partial charge in [-0.1, -0.05) is 6.92 Å². The molecule has 0 spiro atoms. The molecule has 2 rings (SSSR count). The minimum atomic E-state index is 0.216. The van der Waals surface area contributed by atoms with Gasteiger partial charge in [-0.25, -0.2) is 0 Å². The predicted molar refractivity (Wildman–Crippen MR) is 52.0 cm³/mol. The summed E-state index contributed by atoms with van der Waals surface area (Å²) in [6.45, 7) is 4.05. The normalized spacial score (nSPS) is 21.8. The van der Waals surface area contributed by atoms with Crippen molar-refractivity contribution >= 4 is 5.78 Å². The van der Waals surface area contributed by atoms with Crippen molar-refractivity contribution in [2.75, 3.05) is 0 Å². The van der Waals surface area contributed by atoms with Crippen LogP contribution in [-0.2, 0) is 13.5 Å². The van der Waals surface area contributed by atoms with Crippen LogP contribution >= 0.6 is 0 Å². The summed E-state index contributed by atoms with van der Waals surface area (Å²) in [5.74, 6) is 0.549. The quantitative estimate of drug-likeness (QED) is 0.594. The number of hydrogen-bond donors (Lipinski definition) is 0. The molecule has 0 radical (unpaired) electrons. The molecular weight excluding hydrogens is 162 g/mol. The van der Waals surface area contributed by atoms with Crippen LogP contribution in [0.25, 0.3) is 0 Å². The summed E-state index contributed by atoms with van der Waals surface area (Å²) in [6.07, 6.45) is 4.11. The van der Waals surface area contributed by atoms with Gasteiger partial charge in [0.05, 0.1) is 0 Å². The lowest BCUT2D eigenvalue weighted by Gasteiger charge is -2.18. The highest BCUT2D eigenvalue weighted by molar-refractivity contribution is 6.01. The highest BCUT2D eigenvalue weighted by Crippen LogP contribution is 2.28. The van der Waals surface area contributed by atoms with Crippen molar-refractivity contribution in [2.45, 2.75) is 26.7 Å². The number of hydrogen-bond acceptors (Lipinski definition) is 1. The van der Waals surface area contributed by atoms with Crippen LogP contribution in [0.4, 0.5) is 0 Å². The third-order valence-corrected chi connectivity index (χ3v) is 3.00. The van der Waals surface area contributed by atoms with E-state index in [4.69, 9.17) is 0 Å². The van der Waals surface area contributed by atoms with Crippen molar-refractivity contribution in [1.29, 1.82) is 0 Å². The molecule has 0 aliphatic heterocycles. The van der Waals surface area contributed by atoms with Crippen LogP contribution in [0.1, 0.15) is 35.0 Å². The molecule has 0 aromatic carbocycles. The summed E-state index contributed by atoms with van der Waals surface area (Å²) in [5.41, 5.74) is 3.34. The molecule has 0 fully saturated rings. The molecule has 2 heteroatoms. The standard InChI is InChI=1S/C11H15NO/c1-7-4-5-9-10(11(7)13)8(2)6-12(9)3/h6-7H,4-5H2,1-3H3/t7-/m0/s1. The van der Waals surface area contributed by atoms with Gasteiger partial charge in [-0.05, 0) is 25.3 Å².